The number of benzene rings is 1. The van der Waals surface area contributed by atoms with E-state index in [1.807, 2.05) is 6.92 Å². The number of hydrogen-bond donors (Lipinski definition) is 0. The van der Waals surface area contributed by atoms with Crippen LogP contribution < -0.4 is 4.90 Å². The first kappa shape index (κ1) is 17.6. The van der Waals surface area contributed by atoms with Crippen molar-refractivity contribution in [3.05, 3.63) is 52.6 Å². The predicted molar refractivity (Wildman–Crippen MR) is 98.4 cm³/mol. The number of carbonyl (C=O) groups excluding carboxylic acids is 2. The number of fused-ring (bicyclic) bond motifs is 1. The van der Waals surface area contributed by atoms with Gasteiger partial charge in [-0.25, -0.2) is 14.4 Å². The Hall–Kier alpha value is -2.83. The molecule has 0 saturated carbocycles. The molecule has 1 aliphatic heterocycles. The van der Waals surface area contributed by atoms with Crippen molar-refractivity contribution < 1.29 is 14.0 Å². The molecule has 1 fully saturated rings. The van der Waals surface area contributed by atoms with Gasteiger partial charge in [0.15, 0.2) is 5.78 Å². The van der Waals surface area contributed by atoms with Crippen LogP contribution in [0.1, 0.15) is 39.6 Å². The first-order valence-corrected chi connectivity index (χ1v) is 9.15. The van der Waals surface area contributed by atoms with Crippen LogP contribution in [0.4, 0.5) is 10.3 Å². The van der Waals surface area contributed by atoms with Gasteiger partial charge < -0.3 is 9.80 Å². The molecule has 0 radical (unpaired) electrons. The van der Waals surface area contributed by atoms with Gasteiger partial charge in [0.1, 0.15) is 5.82 Å². The normalized spacial score (nSPS) is 19.8. The van der Waals surface area contributed by atoms with Gasteiger partial charge in [0.2, 0.25) is 12.4 Å². The standard InChI is InChI=1S/C20H21FN4O2/c1-13-19-17(23-20(22-13)25-8-6-24(12-26)7-9-25)10-15(11-18(19)27)14-2-4-16(21)5-3-14/h2-5,12,15H,6-11H2,1H3/t15-/m1/s1. The van der Waals surface area contributed by atoms with Crippen LogP contribution >= 0.6 is 0 Å². The summed E-state index contributed by atoms with van der Waals surface area (Å²) in [6.45, 7) is 4.47. The van der Waals surface area contributed by atoms with Gasteiger partial charge in [0, 0.05) is 32.6 Å². The van der Waals surface area contributed by atoms with Crippen molar-refractivity contribution in [1.29, 1.82) is 0 Å². The Morgan fingerprint density at radius 3 is 2.44 bits per heavy atom. The highest BCUT2D eigenvalue weighted by Crippen LogP contribution is 2.33. The van der Waals surface area contributed by atoms with E-state index in [1.165, 1.54) is 12.1 Å². The molecular weight excluding hydrogens is 347 g/mol. The fraction of sp³-hybridized carbons (Fsp3) is 0.400. The first-order valence-electron chi connectivity index (χ1n) is 9.15. The molecule has 27 heavy (non-hydrogen) atoms. The van der Waals surface area contributed by atoms with Gasteiger partial charge in [-0.3, -0.25) is 9.59 Å². The summed E-state index contributed by atoms with van der Waals surface area (Å²) in [6, 6.07) is 6.34. The average Bonchev–Trinajstić information content (AvgIpc) is 2.68. The largest absolute Gasteiger partial charge is 0.342 e. The molecule has 6 nitrogen and oxygen atoms in total. The molecule has 1 aromatic carbocycles. The minimum Gasteiger partial charge on any atom is -0.342 e. The molecule has 0 spiro atoms. The molecule has 1 amide bonds. The number of hydrogen-bond acceptors (Lipinski definition) is 5. The summed E-state index contributed by atoms with van der Waals surface area (Å²) in [7, 11) is 0. The maximum absolute atomic E-state index is 13.2. The summed E-state index contributed by atoms with van der Waals surface area (Å²) in [4.78, 5) is 36.7. The van der Waals surface area contributed by atoms with Crippen molar-refractivity contribution in [3.8, 4) is 0 Å². The zero-order valence-corrected chi connectivity index (χ0v) is 15.2. The van der Waals surface area contributed by atoms with Gasteiger partial charge in [-0.05, 0) is 37.0 Å². The number of ketones is 1. The minimum absolute atomic E-state index is 0.000314. The Morgan fingerprint density at radius 1 is 1.07 bits per heavy atom. The van der Waals surface area contributed by atoms with Gasteiger partial charge in [0.25, 0.3) is 0 Å². The van der Waals surface area contributed by atoms with Crippen molar-refractivity contribution >= 4 is 18.1 Å². The molecule has 0 bridgehead atoms. The number of rotatable bonds is 3. The summed E-state index contributed by atoms with van der Waals surface area (Å²) in [5.41, 5.74) is 3.05. The molecule has 2 aliphatic rings. The molecule has 1 aromatic heterocycles. The SMILES string of the molecule is Cc1nc(N2CCN(C=O)CC2)nc2c1C(=O)C[C@H](c1ccc(F)cc1)C2. The van der Waals surface area contributed by atoms with E-state index in [1.54, 1.807) is 17.0 Å². The van der Waals surface area contributed by atoms with Crippen molar-refractivity contribution in [1.82, 2.24) is 14.9 Å². The van der Waals surface area contributed by atoms with E-state index in [2.05, 4.69) is 9.88 Å². The third-order valence-corrected chi connectivity index (χ3v) is 5.39. The number of nitrogens with zero attached hydrogens (tertiary/aromatic N) is 4. The van der Waals surface area contributed by atoms with E-state index in [-0.39, 0.29) is 17.5 Å². The molecule has 4 rings (SSSR count). The van der Waals surface area contributed by atoms with E-state index < -0.39 is 0 Å². The Balaban J connectivity index is 1.62. The molecule has 1 aliphatic carbocycles. The second kappa shape index (κ2) is 7.06. The third kappa shape index (κ3) is 3.41. The van der Waals surface area contributed by atoms with Gasteiger partial charge in [-0.1, -0.05) is 12.1 Å². The number of carbonyl (C=O) groups is 2. The zero-order valence-electron chi connectivity index (χ0n) is 15.2. The molecule has 140 valence electrons. The number of Topliss-reactive ketones (excluding diaryl/α,β-unsaturated/α-hetero) is 1. The fourth-order valence-corrected chi connectivity index (χ4v) is 3.90. The average molecular weight is 368 g/mol. The number of halogens is 1. The minimum atomic E-state index is -0.281. The molecule has 0 unspecified atom stereocenters. The second-order valence-electron chi connectivity index (χ2n) is 7.14. The maximum Gasteiger partial charge on any atom is 0.225 e. The number of aryl methyl sites for hydroxylation is 1. The van der Waals surface area contributed by atoms with Crippen LogP contribution in [-0.4, -0.2) is 53.2 Å². The fourth-order valence-electron chi connectivity index (χ4n) is 3.90. The molecule has 2 aromatic rings. The van der Waals surface area contributed by atoms with Crippen LogP contribution in [0.2, 0.25) is 0 Å². The van der Waals surface area contributed by atoms with E-state index in [0.717, 1.165) is 17.7 Å². The van der Waals surface area contributed by atoms with E-state index in [4.69, 9.17) is 4.98 Å². The summed E-state index contributed by atoms with van der Waals surface area (Å²) >= 11 is 0. The van der Waals surface area contributed by atoms with Gasteiger partial charge in [-0.2, -0.15) is 0 Å². The third-order valence-electron chi connectivity index (χ3n) is 5.39. The van der Waals surface area contributed by atoms with Crippen LogP contribution in [0.5, 0.6) is 0 Å². The zero-order chi connectivity index (χ0) is 19.0. The monoisotopic (exact) mass is 368 g/mol. The summed E-state index contributed by atoms with van der Waals surface area (Å²) < 4.78 is 13.2. The van der Waals surface area contributed by atoms with Crippen LogP contribution in [0.25, 0.3) is 0 Å². The Kier molecular flexibility index (Phi) is 4.59. The summed E-state index contributed by atoms with van der Waals surface area (Å²) in [5, 5.41) is 0. The van der Waals surface area contributed by atoms with Crippen LogP contribution in [0, 0.1) is 12.7 Å². The second-order valence-corrected chi connectivity index (χ2v) is 7.14. The lowest BCUT2D eigenvalue weighted by Gasteiger charge is -2.33. The number of anilines is 1. The lowest BCUT2D eigenvalue weighted by atomic mass is 9.81. The molecule has 1 atom stereocenters. The predicted octanol–water partition coefficient (Wildman–Crippen LogP) is 2.12. The number of piperazine rings is 1. The Labute approximate surface area is 157 Å². The summed E-state index contributed by atoms with van der Waals surface area (Å²) in [6.07, 6.45) is 1.89. The van der Waals surface area contributed by atoms with E-state index in [9.17, 15) is 14.0 Å². The van der Waals surface area contributed by atoms with E-state index in [0.29, 0.717) is 56.2 Å². The Bertz CT molecular complexity index is 876. The first-order chi connectivity index (χ1) is 13.0. The molecule has 7 heteroatoms. The van der Waals surface area contributed by atoms with Crippen molar-refractivity contribution in [2.75, 3.05) is 31.1 Å². The molecule has 1 saturated heterocycles. The quantitative estimate of drug-likeness (QED) is 0.777. The highest BCUT2D eigenvalue weighted by Gasteiger charge is 2.31. The number of amides is 1. The summed E-state index contributed by atoms with van der Waals surface area (Å²) in [5.74, 6) is 0.376. The molecular formula is C20H21FN4O2. The van der Waals surface area contributed by atoms with Crippen LogP contribution in [0.15, 0.2) is 24.3 Å². The smallest absolute Gasteiger partial charge is 0.225 e. The van der Waals surface area contributed by atoms with Crippen molar-refractivity contribution in [2.24, 2.45) is 0 Å². The maximum atomic E-state index is 13.2. The molecule has 2 heterocycles. The van der Waals surface area contributed by atoms with E-state index >= 15 is 0 Å². The number of aromatic nitrogens is 2. The molecule has 0 N–H and O–H groups in total. The highest BCUT2D eigenvalue weighted by molar-refractivity contribution is 5.99. The van der Waals surface area contributed by atoms with Crippen molar-refractivity contribution in [3.63, 3.8) is 0 Å². The van der Waals surface area contributed by atoms with Crippen molar-refractivity contribution in [2.45, 2.75) is 25.7 Å². The van der Waals surface area contributed by atoms with Crippen LogP contribution in [-0.2, 0) is 11.2 Å². The highest BCUT2D eigenvalue weighted by atomic mass is 19.1. The van der Waals surface area contributed by atoms with Gasteiger partial charge in [-0.15, -0.1) is 0 Å². The lowest BCUT2D eigenvalue weighted by molar-refractivity contribution is -0.118. The Morgan fingerprint density at radius 2 is 1.78 bits per heavy atom. The van der Waals surface area contributed by atoms with Crippen LogP contribution in [0.3, 0.4) is 0 Å². The van der Waals surface area contributed by atoms with Gasteiger partial charge in [0.05, 0.1) is 17.0 Å². The topological polar surface area (TPSA) is 66.4 Å². The lowest BCUT2D eigenvalue weighted by Crippen LogP contribution is -2.46. The van der Waals surface area contributed by atoms with Gasteiger partial charge >= 0.3 is 0 Å².